The van der Waals surface area contributed by atoms with Gasteiger partial charge in [-0.1, -0.05) is 6.07 Å². The highest BCUT2D eigenvalue weighted by Crippen LogP contribution is 2.32. The van der Waals surface area contributed by atoms with Gasteiger partial charge >= 0.3 is 0 Å². The SMILES string of the molecule is C[C@@H](O)c1ccc(N2CCCN3CCCC3C2)c(Br)c1. The third-order valence-electron chi connectivity index (χ3n) is 4.60. The van der Waals surface area contributed by atoms with Gasteiger partial charge in [0.15, 0.2) is 0 Å². The van der Waals surface area contributed by atoms with Crippen molar-refractivity contribution in [2.45, 2.75) is 38.3 Å². The lowest BCUT2D eigenvalue weighted by molar-refractivity contribution is 0.199. The quantitative estimate of drug-likeness (QED) is 0.897. The summed E-state index contributed by atoms with van der Waals surface area (Å²) in [7, 11) is 0. The average molecular weight is 339 g/mol. The molecule has 2 saturated heterocycles. The molecule has 1 N–H and O–H groups in total. The summed E-state index contributed by atoms with van der Waals surface area (Å²) < 4.78 is 1.10. The highest BCUT2D eigenvalue weighted by atomic mass is 79.9. The predicted molar refractivity (Wildman–Crippen MR) is 86.2 cm³/mol. The maximum absolute atomic E-state index is 9.68. The number of aliphatic hydroxyl groups is 1. The van der Waals surface area contributed by atoms with Crippen LogP contribution in [-0.2, 0) is 0 Å². The summed E-state index contributed by atoms with van der Waals surface area (Å²) in [6, 6.07) is 6.97. The Balaban J connectivity index is 1.81. The molecular formula is C16H23BrN2O. The van der Waals surface area contributed by atoms with E-state index in [2.05, 4.69) is 37.9 Å². The van der Waals surface area contributed by atoms with Crippen molar-refractivity contribution in [3.63, 3.8) is 0 Å². The summed E-state index contributed by atoms with van der Waals surface area (Å²) in [5.41, 5.74) is 2.24. The topological polar surface area (TPSA) is 26.7 Å². The molecular weight excluding hydrogens is 316 g/mol. The van der Waals surface area contributed by atoms with E-state index in [9.17, 15) is 5.11 Å². The number of hydrogen-bond donors (Lipinski definition) is 1. The van der Waals surface area contributed by atoms with Crippen LogP contribution in [0.4, 0.5) is 5.69 Å². The number of rotatable bonds is 2. The van der Waals surface area contributed by atoms with Crippen molar-refractivity contribution in [1.29, 1.82) is 0 Å². The Bertz CT molecular complexity index is 478. The highest BCUT2D eigenvalue weighted by Gasteiger charge is 2.29. The molecule has 1 aromatic carbocycles. The zero-order chi connectivity index (χ0) is 14.1. The molecule has 2 aliphatic rings. The molecule has 4 heteroatoms. The largest absolute Gasteiger partial charge is 0.389 e. The minimum Gasteiger partial charge on any atom is -0.389 e. The second-order valence-corrected chi connectivity index (χ2v) is 6.87. The molecule has 110 valence electrons. The summed E-state index contributed by atoms with van der Waals surface area (Å²) >= 11 is 3.68. The maximum atomic E-state index is 9.68. The van der Waals surface area contributed by atoms with E-state index < -0.39 is 6.10 Å². The smallest absolute Gasteiger partial charge is 0.0762 e. The molecule has 0 radical (unpaired) electrons. The summed E-state index contributed by atoms with van der Waals surface area (Å²) in [5, 5.41) is 9.68. The minimum atomic E-state index is -0.408. The Morgan fingerprint density at radius 3 is 2.80 bits per heavy atom. The first-order valence-electron chi connectivity index (χ1n) is 7.61. The van der Waals surface area contributed by atoms with Crippen molar-refractivity contribution < 1.29 is 5.11 Å². The summed E-state index contributed by atoms with van der Waals surface area (Å²) in [5.74, 6) is 0. The van der Waals surface area contributed by atoms with Gasteiger partial charge in [-0.15, -0.1) is 0 Å². The molecule has 2 aliphatic heterocycles. The van der Waals surface area contributed by atoms with E-state index in [-0.39, 0.29) is 0 Å². The fraction of sp³-hybridized carbons (Fsp3) is 0.625. The summed E-state index contributed by atoms with van der Waals surface area (Å²) in [6.07, 6.45) is 3.51. The van der Waals surface area contributed by atoms with Gasteiger partial charge < -0.3 is 10.0 Å². The zero-order valence-corrected chi connectivity index (χ0v) is 13.6. The second kappa shape index (κ2) is 6.04. The normalized spacial score (nSPS) is 25.4. The van der Waals surface area contributed by atoms with Crippen molar-refractivity contribution >= 4 is 21.6 Å². The van der Waals surface area contributed by atoms with Crippen molar-refractivity contribution in [2.75, 3.05) is 31.1 Å². The van der Waals surface area contributed by atoms with Crippen LogP contribution in [0.15, 0.2) is 22.7 Å². The molecule has 0 aromatic heterocycles. The molecule has 3 rings (SSSR count). The van der Waals surface area contributed by atoms with E-state index in [4.69, 9.17) is 0 Å². The van der Waals surface area contributed by atoms with E-state index in [0.29, 0.717) is 0 Å². The summed E-state index contributed by atoms with van der Waals surface area (Å²) in [6.45, 7) is 6.58. The zero-order valence-electron chi connectivity index (χ0n) is 12.1. The number of hydrogen-bond acceptors (Lipinski definition) is 3. The molecule has 2 fully saturated rings. The van der Waals surface area contributed by atoms with Gasteiger partial charge in [0.25, 0.3) is 0 Å². The standard InChI is InChI=1S/C16H23BrN2O/c1-12(20)13-5-6-16(15(17)10-13)19-9-3-8-18-7-2-4-14(18)11-19/h5-6,10,12,14,20H,2-4,7-9,11H2,1H3/t12-,14?/m1/s1. The second-order valence-electron chi connectivity index (χ2n) is 6.02. The Kier molecular flexibility index (Phi) is 4.34. The monoisotopic (exact) mass is 338 g/mol. The van der Waals surface area contributed by atoms with Gasteiger partial charge in [-0.05, 0) is 66.4 Å². The molecule has 0 amide bonds. The molecule has 0 aliphatic carbocycles. The Hall–Kier alpha value is -0.580. The molecule has 0 saturated carbocycles. The van der Waals surface area contributed by atoms with Gasteiger partial charge in [0.1, 0.15) is 0 Å². The van der Waals surface area contributed by atoms with Gasteiger partial charge in [-0.25, -0.2) is 0 Å². The van der Waals surface area contributed by atoms with E-state index in [1.807, 2.05) is 13.0 Å². The maximum Gasteiger partial charge on any atom is 0.0762 e. The lowest BCUT2D eigenvalue weighted by atomic mass is 10.1. The molecule has 1 aromatic rings. The molecule has 3 nitrogen and oxygen atoms in total. The van der Waals surface area contributed by atoms with Crippen molar-refractivity contribution in [3.8, 4) is 0 Å². The Labute approximate surface area is 129 Å². The number of halogens is 1. The van der Waals surface area contributed by atoms with Crippen molar-refractivity contribution in [1.82, 2.24) is 4.90 Å². The molecule has 2 atom stereocenters. The van der Waals surface area contributed by atoms with Crippen LogP contribution in [0.2, 0.25) is 0 Å². The first kappa shape index (κ1) is 14.4. The molecule has 2 heterocycles. The lowest BCUT2D eigenvalue weighted by Gasteiger charge is -2.28. The van der Waals surface area contributed by atoms with Crippen LogP contribution in [0.25, 0.3) is 0 Å². The van der Waals surface area contributed by atoms with Crippen LogP contribution in [0.3, 0.4) is 0 Å². The van der Waals surface area contributed by atoms with E-state index in [1.54, 1.807) is 0 Å². The summed E-state index contributed by atoms with van der Waals surface area (Å²) in [4.78, 5) is 5.16. The van der Waals surface area contributed by atoms with Gasteiger partial charge in [0.05, 0.1) is 11.8 Å². The van der Waals surface area contributed by atoms with Crippen LogP contribution in [0.5, 0.6) is 0 Å². The molecule has 20 heavy (non-hydrogen) atoms. The van der Waals surface area contributed by atoms with Gasteiger partial charge in [-0.2, -0.15) is 0 Å². The third kappa shape index (κ3) is 2.87. The first-order chi connectivity index (χ1) is 9.65. The van der Waals surface area contributed by atoms with Crippen LogP contribution in [0, 0.1) is 0 Å². The number of aliphatic hydroxyl groups excluding tert-OH is 1. The lowest BCUT2D eigenvalue weighted by Crippen LogP contribution is -2.36. The van der Waals surface area contributed by atoms with Crippen LogP contribution < -0.4 is 4.90 Å². The fourth-order valence-electron chi connectivity index (χ4n) is 3.46. The molecule has 0 spiro atoms. The predicted octanol–water partition coefficient (Wildman–Crippen LogP) is 3.18. The number of benzene rings is 1. The van der Waals surface area contributed by atoms with E-state index >= 15 is 0 Å². The van der Waals surface area contributed by atoms with E-state index in [0.717, 1.165) is 29.2 Å². The first-order valence-corrected chi connectivity index (χ1v) is 8.41. The Morgan fingerprint density at radius 1 is 1.25 bits per heavy atom. The minimum absolute atomic E-state index is 0.408. The van der Waals surface area contributed by atoms with Gasteiger partial charge in [0, 0.05) is 30.1 Å². The fourth-order valence-corrected chi connectivity index (χ4v) is 4.11. The van der Waals surface area contributed by atoms with Crippen LogP contribution in [-0.4, -0.2) is 42.2 Å². The third-order valence-corrected chi connectivity index (χ3v) is 5.23. The van der Waals surface area contributed by atoms with Crippen LogP contribution in [0.1, 0.15) is 37.9 Å². The number of fused-ring (bicyclic) bond motifs is 1. The van der Waals surface area contributed by atoms with Gasteiger partial charge in [-0.3, -0.25) is 4.90 Å². The molecule has 0 bridgehead atoms. The van der Waals surface area contributed by atoms with Crippen molar-refractivity contribution in [2.24, 2.45) is 0 Å². The van der Waals surface area contributed by atoms with E-state index in [1.165, 1.54) is 38.0 Å². The van der Waals surface area contributed by atoms with Gasteiger partial charge in [0.2, 0.25) is 0 Å². The number of anilines is 1. The van der Waals surface area contributed by atoms with Crippen molar-refractivity contribution in [3.05, 3.63) is 28.2 Å². The number of nitrogens with zero attached hydrogens (tertiary/aromatic N) is 2. The molecule has 1 unspecified atom stereocenters. The average Bonchev–Trinajstić information content (AvgIpc) is 2.76. The Morgan fingerprint density at radius 2 is 2.05 bits per heavy atom. The highest BCUT2D eigenvalue weighted by molar-refractivity contribution is 9.10. The van der Waals surface area contributed by atoms with Crippen LogP contribution >= 0.6 is 15.9 Å².